The molecule has 33 heavy (non-hydrogen) atoms. The van der Waals surface area contributed by atoms with Gasteiger partial charge in [0.25, 0.3) is 0 Å². The van der Waals surface area contributed by atoms with E-state index in [1.807, 2.05) is 24.3 Å². The van der Waals surface area contributed by atoms with Gasteiger partial charge in [0, 0.05) is 19.0 Å². The summed E-state index contributed by atoms with van der Waals surface area (Å²) in [5.74, 6) is 0.291. The van der Waals surface area contributed by atoms with Crippen LogP contribution in [0.3, 0.4) is 0 Å². The van der Waals surface area contributed by atoms with Gasteiger partial charge in [0.15, 0.2) is 0 Å². The fraction of sp³-hybridized carbons (Fsp3) is 0.462. The minimum absolute atomic E-state index is 0.0133. The quantitative estimate of drug-likeness (QED) is 0.685. The number of hydrogen-bond acceptors (Lipinski definition) is 4. The van der Waals surface area contributed by atoms with Crippen LogP contribution in [0.25, 0.3) is 0 Å². The number of nitrogens with one attached hydrogen (secondary N) is 1. The second kappa shape index (κ2) is 10.5. The standard InChI is InChI=1S/C26H31N3O3S/c27-19-20-11-13-24(14-12-20)33(31,32)29-17-15-23(16-18-29)26(30)28-25(21-7-3-1-4-8-21)22-9-5-2-6-10-22/h1,3-4,7-8,11-14,22-23,25H,2,5-6,9-10,15-18H2,(H,28,30). The highest BCUT2D eigenvalue weighted by atomic mass is 32.2. The van der Waals surface area contributed by atoms with Gasteiger partial charge < -0.3 is 5.32 Å². The maximum Gasteiger partial charge on any atom is 0.243 e. The number of carbonyl (C=O) groups excluding carboxylic acids is 1. The summed E-state index contributed by atoms with van der Waals surface area (Å²) in [7, 11) is -3.63. The van der Waals surface area contributed by atoms with Gasteiger partial charge >= 0.3 is 0 Å². The van der Waals surface area contributed by atoms with Crippen molar-refractivity contribution in [3.8, 4) is 6.07 Å². The molecular weight excluding hydrogens is 434 g/mol. The smallest absolute Gasteiger partial charge is 0.243 e. The Morgan fingerprint density at radius 3 is 2.18 bits per heavy atom. The summed E-state index contributed by atoms with van der Waals surface area (Å²) in [6, 6.07) is 18.2. The number of sulfonamides is 1. The first-order valence-corrected chi connectivity index (χ1v) is 13.3. The highest BCUT2D eigenvalue weighted by molar-refractivity contribution is 7.89. The molecule has 2 fully saturated rings. The lowest BCUT2D eigenvalue weighted by Gasteiger charge is -2.34. The molecular formula is C26H31N3O3S. The summed E-state index contributed by atoms with van der Waals surface area (Å²) in [5.41, 5.74) is 1.58. The van der Waals surface area contributed by atoms with Gasteiger partial charge in [0.05, 0.1) is 22.6 Å². The molecule has 1 atom stereocenters. The van der Waals surface area contributed by atoms with E-state index in [0.717, 1.165) is 18.4 Å². The number of benzene rings is 2. The molecule has 0 bridgehead atoms. The molecule has 1 aliphatic heterocycles. The topological polar surface area (TPSA) is 90.3 Å². The average molecular weight is 466 g/mol. The van der Waals surface area contributed by atoms with E-state index in [0.29, 0.717) is 37.4 Å². The number of hydrogen-bond donors (Lipinski definition) is 1. The number of carbonyl (C=O) groups is 1. The van der Waals surface area contributed by atoms with Crippen LogP contribution in [0.5, 0.6) is 0 Å². The van der Waals surface area contributed by atoms with Crippen molar-refractivity contribution >= 4 is 15.9 Å². The van der Waals surface area contributed by atoms with E-state index in [2.05, 4.69) is 17.4 Å². The van der Waals surface area contributed by atoms with Crippen LogP contribution < -0.4 is 5.32 Å². The SMILES string of the molecule is N#Cc1ccc(S(=O)(=O)N2CCC(C(=O)NC(c3ccccc3)C3CCCCC3)CC2)cc1. The van der Waals surface area contributed by atoms with Gasteiger partial charge in [-0.1, -0.05) is 49.6 Å². The summed E-state index contributed by atoms with van der Waals surface area (Å²) in [5, 5.41) is 12.3. The predicted molar refractivity (Wildman–Crippen MR) is 127 cm³/mol. The van der Waals surface area contributed by atoms with Crippen LogP contribution in [0, 0.1) is 23.2 Å². The monoisotopic (exact) mass is 465 g/mol. The van der Waals surface area contributed by atoms with Gasteiger partial charge in [0.1, 0.15) is 0 Å². The zero-order chi connectivity index (χ0) is 23.3. The lowest BCUT2D eigenvalue weighted by molar-refractivity contribution is -0.127. The molecule has 1 saturated heterocycles. The highest BCUT2D eigenvalue weighted by Crippen LogP contribution is 2.35. The average Bonchev–Trinajstić information content (AvgIpc) is 2.88. The highest BCUT2D eigenvalue weighted by Gasteiger charge is 2.34. The maximum absolute atomic E-state index is 13.2. The van der Waals surface area contributed by atoms with Crippen LogP contribution in [0.1, 0.15) is 62.1 Å². The van der Waals surface area contributed by atoms with Crippen molar-refractivity contribution in [1.29, 1.82) is 5.26 Å². The van der Waals surface area contributed by atoms with Crippen molar-refractivity contribution in [3.05, 3.63) is 65.7 Å². The zero-order valence-corrected chi connectivity index (χ0v) is 19.6. The van der Waals surface area contributed by atoms with Crippen molar-refractivity contribution in [2.45, 2.75) is 55.9 Å². The molecule has 1 unspecified atom stereocenters. The van der Waals surface area contributed by atoms with Gasteiger partial charge in [-0.15, -0.1) is 0 Å². The van der Waals surface area contributed by atoms with E-state index in [-0.39, 0.29) is 22.8 Å². The van der Waals surface area contributed by atoms with Crippen LogP contribution in [-0.4, -0.2) is 31.7 Å². The third-order valence-corrected chi connectivity index (χ3v) is 8.94. The van der Waals surface area contributed by atoms with Crippen LogP contribution in [0.2, 0.25) is 0 Å². The van der Waals surface area contributed by atoms with E-state index in [1.165, 1.54) is 47.8 Å². The second-order valence-corrected chi connectivity index (χ2v) is 11.0. The number of rotatable bonds is 6. The minimum atomic E-state index is -3.63. The van der Waals surface area contributed by atoms with Crippen molar-refractivity contribution in [1.82, 2.24) is 9.62 Å². The summed E-state index contributed by atoms with van der Waals surface area (Å²) in [4.78, 5) is 13.4. The van der Waals surface area contributed by atoms with E-state index in [9.17, 15) is 13.2 Å². The third-order valence-electron chi connectivity index (χ3n) is 7.02. The van der Waals surface area contributed by atoms with Crippen LogP contribution >= 0.6 is 0 Å². The molecule has 4 rings (SSSR count). The Bertz CT molecular complexity index is 1080. The summed E-state index contributed by atoms with van der Waals surface area (Å²) < 4.78 is 27.4. The molecule has 1 amide bonds. The van der Waals surface area contributed by atoms with Crippen molar-refractivity contribution in [3.63, 3.8) is 0 Å². The molecule has 2 aromatic carbocycles. The second-order valence-electron chi connectivity index (χ2n) is 9.11. The minimum Gasteiger partial charge on any atom is -0.349 e. The summed E-state index contributed by atoms with van der Waals surface area (Å²) >= 11 is 0. The Morgan fingerprint density at radius 1 is 0.939 bits per heavy atom. The molecule has 2 aliphatic rings. The van der Waals surface area contributed by atoms with Gasteiger partial charge in [-0.05, 0) is 61.4 Å². The first-order valence-electron chi connectivity index (χ1n) is 11.8. The Balaban J connectivity index is 1.40. The molecule has 0 aromatic heterocycles. The van der Waals surface area contributed by atoms with Crippen LogP contribution in [0.4, 0.5) is 0 Å². The predicted octanol–water partition coefficient (Wildman–Crippen LogP) is 4.40. The van der Waals surface area contributed by atoms with Crippen LogP contribution in [0.15, 0.2) is 59.5 Å². The molecule has 1 saturated carbocycles. The molecule has 7 heteroatoms. The van der Waals surface area contributed by atoms with E-state index in [4.69, 9.17) is 5.26 Å². The van der Waals surface area contributed by atoms with E-state index >= 15 is 0 Å². The molecule has 2 aromatic rings. The Kier molecular flexibility index (Phi) is 7.46. The van der Waals surface area contributed by atoms with Gasteiger partial charge in [0.2, 0.25) is 15.9 Å². The largest absolute Gasteiger partial charge is 0.349 e. The summed E-state index contributed by atoms with van der Waals surface area (Å²) in [6.45, 7) is 0.639. The lowest BCUT2D eigenvalue weighted by atomic mass is 9.80. The fourth-order valence-electron chi connectivity index (χ4n) is 5.08. The van der Waals surface area contributed by atoms with Gasteiger partial charge in [-0.2, -0.15) is 9.57 Å². The van der Waals surface area contributed by atoms with Gasteiger partial charge in [-0.3, -0.25) is 4.79 Å². The van der Waals surface area contributed by atoms with Crippen molar-refractivity contribution in [2.24, 2.45) is 11.8 Å². The van der Waals surface area contributed by atoms with Gasteiger partial charge in [-0.25, -0.2) is 8.42 Å². The Labute approximate surface area is 196 Å². The first kappa shape index (κ1) is 23.5. The maximum atomic E-state index is 13.2. The molecule has 0 spiro atoms. The molecule has 1 N–H and O–H groups in total. The normalized spacial score (nSPS) is 19.5. The van der Waals surface area contributed by atoms with E-state index in [1.54, 1.807) is 0 Å². The van der Waals surface area contributed by atoms with E-state index < -0.39 is 10.0 Å². The molecule has 1 heterocycles. The number of nitrogens with zero attached hydrogens (tertiary/aromatic N) is 2. The van der Waals surface area contributed by atoms with Crippen LogP contribution in [-0.2, 0) is 14.8 Å². The molecule has 174 valence electrons. The number of piperidine rings is 1. The molecule has 1 aliphatic carbocycles. The molecule has 6 nitrogen and oxygen atoms in total. The van der Waals surface area contributed by atoms with Crippen molar-refractivity contribution < 1.29 is 13.2 Å². The van der Waals surface area contributed by atoms with Crippen molar-refractivity contribution in [2.75, 3.05) is 13.1 Å². The molecule has 0 radical (unpaired) electrons. The number of amides is 1. The third kappa shape index (κ3) is 5.45. The zero-order valence-electron chi connectivity index (χ0n) is 18.8. The fourth-order valence-corrected chi connectivity index (χ4v) is 6.55. The number of nitriles is 1. The first-order chi connectivity index (χ1) is 16.0. The Morgan fingerprint density at radius 2 is 1.58 bits per heavy atom. The summed E-state index contributed by atoms with van der Waals surface area (Å²) in [6.07, 6.45) is 6.94. The Hall–Kier alpha value is -2.69. The lowest BCUT2D eigenvalue weighted by Crippen LogP contribution is -2.44.